The lowest BCUT2D eigenvalue weighted by Gasteiger charge is -2.34. The zero-order chi connectivity index (χ0) is 13.2. The van der Waals surface area contributed by atoms with E-state index in [0.29, 0.717) is 17.2 Å². The molecule has 2 heterocycles. The van der Waals surface area contributed by atoms with E-state index < -0.39 is 0 Å². The molecule has 3 rings (SSSR count). The van der Waals surface area contributed by atoms with E-state index in [1.54, 1.807) is 0 Å². The molecule has 1 aromatic carbocycles. The molecule has 3 unspecified atom stereocenters. The first-order valence-corrected chi connectivity index (χ1v) is 7.35. The maximum atomic E-state index is 5.94. The Labute approximate surface area is 119 Å². The lowest BCUT2D eigenvalue weighted by atomic mass is 9.98. The number of rotatable bonds is 4. The van der Waals surface area contributed by atoms with Crippen molar-refractivity contribution in [3.05, 3.63) is 35.9 Å². The van der Waals surface area contributed by atoms with Gasteiger partial charge in [-0.2, -0.15) is 0 Å². The highest BCUT2D eigenvalue weighted by Crippen LogP contribution is 2.28. The molecule has 2 aliphatic rings. The second kappa shape index (κ2) is 5.57. The summed E-state index contributed by atoms with van der Waals surface area (Å²) in [6.45, 7) is 2.95. The van der Waals surface area contributed by atoms with Crippen molar-refractivity contribution in [1.29, 1.82) is 0 Å². The number of likely N-dealkylation sites (tertiary alicyclic amines) is 1. The molecule has 19 heavy (non-hydrogen) atoms. The lowest BCUT2D eigenvalue weighted by molar-refractivity contribution is -0.0384. The van der Waals surface area contributed by atoms with Crippen LogP contribution in [-0.2, 0) is 4.74 Å². The fourth-order valence-electron chi connectivity index (χ4n) is 3.15. The van der Waals surface area contributed by atoms with Crippen molar-refractivity contribution in [2.45, 2.75) is 31.0 Å². The van der Waals surface area contributed by atoms with Crippen LogP contribution in [0.5, 0.6) is 0 Å². The number of nitrogens with two attached hydrogens (primary N) is 1. The average Bonchev–Trinajstić information content (AvgIpc) is 2.76. The number of fused-ring (bicyclic) bond motifs is 2. The Kier molecular flexibility index (Phi) is 3.82. The van der Waals surface area contributed by atoms with Crippen LogP contribution in [0.2, 0.25) is 0 Å². The second-order valence-corrected chi connectivity index (χ2v) is 6.01. The van der Waals surface area contributed by atoms with Gasteiger partial charge in [0.05, 0.1) is 17.2 Å². The third-order valence-corrected chi connectivity index (χ3v) is 4.39. The summed E-state index contributed by atoms with van der Waals surface area (Å²) < 4.78 is 5.87. The Morgan fingerprint density at radius 2 is 1.89 bits per heavy atom. The molecule has 2 aliphatic heterocycles. The minimum atomic E-state index is 0.147. The smallest absolute Gasteiger partial charge is 0.0816 e. The van der Waals surface area contributed by atoms with Gasteiger partial charge in [-0.25, -0.2) is 0 Å². The van der Waals surface area contributed by atoms with Crippen LogP contribution in [0.3, 0.4) is 0 Å². The molecule has 3 nitrogen and oxygen atoms in total. The quantitative estimate of drug-likeness (QED) is 0.853. The van der Waals surface area contributed by atoms with Gasteiger partial charge in [0, 0.05) is 25.6 Å². The van der Waals surface area contributed by atoms with E-state index in [4.69, 9.17) is 22.7 Å². The van der Waals surface area contributed by atoms with E-state index in [1.165, 1.54) is 18.4 Å². The van der Waals surface area contributed by atoms with Gasteiger partial charge in [-0.1, -0.05) is 42.5 Å². The maximum absolute atomic E-state index is 5.94. The Hall–Kier alpha value is -0.970. The summed E-state index contributed by atoms with van der Waals surface area (Å²) in [5.41, 5.74) is 7.16. The molecule has 0 saturated carbocycles. The fourth-order valence-corrected chi connectivity index (χ4v) is 3.36. The van der Waals surface area contributed by atoms with Crippen LogP contribution in [0.4, 0.5) is 0 Å². The van der Waals surface area contributed by atoms with Gasteiger partial charge in [0.15, 0.2) is 0 Å². The van der Waals surface area contributed by atoms with Gasteiger partial charge in [-0.05, 0) is 18.4 Å². The van der Waals surface area contributed by atoms with Crippen molar-refractivity contribution in [2.24, 2.45) is 5.73 Å². The molecule has 102 valence electrons. The average molecular weight is 276 g/mol. The Bertz CT molecular complexity index is 439. The van der Waals surface area contributed by atoms with E-state index in [-0.39, 0.29) is 5.92 Å². The summed E-state index contributed by atoms with van der Waals surface area (Å²) in [5, 5.41) is 0. The highest BCUT2D eigenvalue weighted by Gasteiger charge is 2.34. The van der Waals surface area contributed by atoms with Crippen molar-refractivity contribution in [2.75, 3.05) is 19.6 Å². The van der Waals surface area contributed by atoms with Crippen LogP contribution in [0.15, 0.2) is 30.3 Å². The molecule has 2 N–H and O–H groups in total. The molecule has 0 amide bonds. The van der Waals surface area contributed by atoms with Crippen molar-refractivity contribution in [3.63, 3.8) is 0 Å². The molecule has 1 aromatic rings. The molecular formula is C15H20N2OS. The molecule has 2 fully saturated rings. The lowest BCUT2D eigenvalue weighted by Crippen LogP contribution is -2.45. The zero-order valence-electron chi connectivity index (χ0n) is 11.0. The number of thiocarbonyl (C=S) groups is 1. The monoisotopic (exact) mass is 276 g/mol. The summed E-state index contributed by atoms with van der Waals surface area (Å²) in [6, 6.07) is 10.3. The summed E-state index contributed by atoms with van der Waals surface area (Å²) >= 11 is 5.26. The van der Waals surface area contributed by atoms with Crippen LogP contribution in [0.1, 0.15) is 24.3 Å². The summed E-state index contributed by atoms with van der Waals surface area (Å²) in [7, 11) is 0. The highest BCUT2D eigenvalue weighted by molar-refractivity contribution is 7.80. The molecule has 4 heteroatoms. The van der Waals surface area contributed by atoms with Crippen LogP contribution in [0.25, 0.3) is 0 Å². The van der Waals surface area contributed by atoms with Crippen molar-refractivity contribution in [1.82, 2.24) is 4.90 Å². The standard InChI is InChI=1S/C15H20N2OS/c16-15(19)14(11-4-2-1-3-5-11)10-17-8-12-6-7-13(9-17)18-12/h1-5,12-14H,6-10H2,(H2,16,19). The van der Waals surface area contributed by atoms with E-state index in [9.17, 15) is 0 Å². The highest BCUT2D eigenvalue weighted by atomic mass is 32.1. The molecule has 3 atom stereocenters. The molecule has 0 spiro atoms. The molecular weight excluding hydrogens is 256 g/mol. The summed E-state index contributed by atoms with van der Waals surface area (Å²) in [4.78, 5) is 3.05. The first-order valence-electron chi connectivity index (χ1n) is 6.94. The molecule has 0 radical (unpaired) electrons. The van der Waals surface area contributed by atoms with Crippen LogP contribution in [-0.4, -0.2) is 41.7 Å². The molecule has 0 aromatic heterocycles. The van der Waals surface area contributed by atoms with Crippen molar-refractivity contribution < 1.29 is 4.74 Å². The maximum Gasteiger partial charge on any atom is 0.0816 e. The topological polar surface area (TPSA) is 38.5 Å². The van der Waals surface area contributed by atoms with Gasteiger partial charge in [0.25, 0.3) is 0 Å². The van der Waals surface area contributed by atoms with Gasteiger partial charge < -0.3 is 10.5 Å². The first-order chi connectivity index (χ1) is 9.22. The van der Waals surface area contributed by atoms with Gasteiger partial charge in [0.1, 0.15) is 0 Å². The van der Waals surface area contributed by atoms with E-state index in [1.807, 2.05) is 18.2 Å². The Morgan fingerprint density at radius 3 is 2.47 bits per heavy atom. The van der Waals surface area contributed by atoms with E-state index >= 15 is 0 Å². The normalized spacial score (nSPS) is 28.2. The SMILES string of the molecule is NC(=S)C(CN1CC2CCC(C1)O2)c1ccccc1. The number of nitrogens with zero attached hydrogens (tertiary/aromatic N) is 1. The van der Waals surface area contributed by atoms with E-state index in [2.05, 4.69) is 17.0 Å². The van der Waals surface area contributed by atoms with Gasteiger partial charge in [-0.3, -0.25) is 4.90 Å². The molecule has 2 bridgehead atoms. The third kappa shape index (κ3) is 2.96. The number of benzene rings is 1. The number of ether oxygens (including phenoxy) is 1. The largest absolute Gasteiger partial charge is 0.393 e. The third-order valence-electron chi connectivity index (χ3n) is 4.11. The minimum absolute atomic E-state index is 0.147. The predicted molar refractivity (Wildman–Crippen MR) is 80.3 cm³/mol. The summed E-state index contributed by atoms with van der Waals surface area (Å²) in [5.74, 6) is 0.147. The number of morpholine rings is 1. The van der Waals surface area contributed by atoms with Crippen LogP contribution < -0.4 is 5.73 Å². The minimum Gasteiger partial charge on any atom is -0.393 e. The van der Waals surface area contributed by atoms with Crippen LogP contribution >= 0.6 is 12.2 Å². The first kappa shape index (κ1) is 13.0. The Balaban J connectivity index is 1.70. The van der Waals surface area contributed by atoms with Gasteiger partial charge in [0.2, 0.25) is 0 Å². The number of hydrogen-bond donors (Lipinski definition) is 1. The zero-order valence-corrected chi connectivity index (χ0v) is 11.8. The fraction of sp³-hybridized carbons (Fsp3) is 0.533. The van der Waals surface area contributed by atoms with Gasteiger partial charge >= 0.3 is 0 Å². The van der Waals surface area contributed by atoms with Gasteiger partial charge in [-0.15, -0.1) is 0 Å². The predicted octanol–water partition coefficient (Wildman–Crippen LogP) is 1.92. The summed E-state index contributed by atoms with van der Waals surface area (Å²) in [6.07, 6.45) is 3.23. The van der Waals surface area contributed by atoms with Crippen LogP contribution in [0, 0.1) is 0 Å². The molecule has 2 saturated heterocycles. The number of hydrogen-bond acceptors (Lipinski definition) is 3. The second-order valence-electron chi connectivity index (χ2n) is 5.54. The molecule has 0 aliphatic carbocycles. The van der Waals surface area contributed by atoms with E-state index in [0.717, 1.165) is 19.6 Å². The van der Waals surface area contributed by atoms with Crippen molar-refractivity contribution >= 4 is 17.2 Å². The Morgan fingerprint density at radius 1 is 1.26 bits per heavy atom. The van der Waals surface area contributed by atoms with Crippen molar-refractivity contribution in [3.8, 4) is 0 Å².